The third-order valence-corrected chi connectivity index (χ3v) is 2.42. The minimum Gasteiger partial charge on any atom is -0.435 e. The number of amides is 1. The van der Waals surface area contributed by atoms with E-state index in [4.69, 9.17) is 0 Å². The van der Waals surface area contributed by atoms with Gasteiger partial charge in [0.25, 0.3) is 5.91 Å². The lowest BCUT2D eigenvalue weighted by Crippen LogP contribution is -2.22. The van der Waals surface area contributed by atoms with E-state index in [9.17, 15) is 22.4 Å². The molecular weight excluding hydrogens is 310 g/mol. The standard InChI is InChI=1S/C13H13F4NO4/c1-18(20-2)11(19)6-4-8-3-5-9(21-12(14)15)7-10(8)22-13(16)17/h3-7,12-13H,1-2H3. The third-order valence-electron chi connectivity index (χ3n) is 2.42. The van der Waals surface area contributed by atoms with Crippen LogP contribution < -0.4 is 9.47 Å². The summed E-state index contributed by atoms with van der Waals surface area (Å²) in [4.78, 5) is 16.1. The molecule has 1 amide bonds. The summed E-state index contributed by atoms with van der Waals surface area (Å²) in [6, 6.07) is 3.21. The molecule has 1 rings (SSSR count). The molecule has 0 unspecified atom stereocenters. The van der Waals surface area contributed by atoms with E-state index in [1.54, 1.807) is 0 Å². The lowest BCUT2D eigenvalue weighted by molar-refractivity contribution is -0.162. The van der Waals surface area contributed by atoms with Gasteiger partial charge in [-0.25, -0.2) is 5.06 Å². The molecule has 0 bridgehead atoms. The fourth-order valence-corrected chi connectivity index (χ4v) is 1.38. The summed E-state index contributed by atoms with van der Waals surface area (Å²) in [5.41, 5.74) is 0.0831. The number of hydroxylamine groups is 2. The van der Waals surface area contributed by atoms with Crippen molar-refractivity contribution in [3.8, 4) is 11.5 Å². The Morgan fingerprint density at radius 1 is 1.18 bits per heavy atom. The van der Waals surface area contributed by atoms with Gasteiger partial charge < -0.3 is 9.47 Å². The Morgan fingerprint density at radius 2 is 1.82 bits per heavy atom. The highest BCUT2D eigenvalue weighted by molar-refractivity contribution is 5.91. The Bertz CT molecular complexity index is 537. The van der Waals surface area contributed by atoms with Crippen LogP contribution in [0.5, 0.6) is 11.5 Å². The van der Waals surface area contributed by atoms with Gasteiger partial charge in [-0.05, 0) is 18.2 Å². The number of halogens is 4. The van der Waals surface area contributed by atoms with Crippen molar-refractivity contribution in [2.75, 3.05) is 14.2 Å². The van der Waals surface area contributed by atoms with Crippen LogP contribution in [0.1, 0.15) is 5.56 Å². The molecule has 0 aromatic heterocycles. The third kappa shape index (κ3) is 5.60. The maximum absolute atomic E-state index is 12.3. The zero-order valence-corrected chi connectivity index (χ0v) is 11.6. The Balaban J connectivity index is 3.01. The van der Waals surface area contributed by atoms with Gasteiger partial charge in [-0.3, -0.25) is 9.63 Å². The van der Waals surface area contributed by atoms with E-state index in [1.807, 2.05) is 0 Å². The highest BCUT2D eigenvalue weighted by atomic mass is 19.3. The number of nitrogens with zero attached hydrogens (tertiary/aromatic N) is 1. The van der Waals surface area contributed by atoms with Gasteiger partial charge >= 0.3 is 13.2 Å². The van der Waals surface area contributed by atoms with Crippen LogP contribution >= 0.6 is 0 Å². The number of benzene rings is 1. The Kier molecular flexibility index (Phi) is 6.64. The maximum Gasteiger partial charge on any atom is 0.387 e. The van der Waals surface area contributed by atoms with Crippen molar-refractivity contribution < 1.29 is 36.7 Å². The molecule has 0 spiro atoms. The van der Waals surface area contributed by atoms with Crippen LogP contribution in [0, 0.1) is 0 Å². The minimum atomic E-state index is -3.16. The number of carbonyl (C=O) groups is 1. The second-order valence-electron chi connectivity index (χ2n) is 3.81. The Morgan fingerprint density at radius 3 is 2.36 bits per heavy atom. The monoisotopic (exact) mass is 323 g/mol. The SMILES string of the molecule is CON(C)C(=O)C=Cc1ccc(OC(F)F)cc1OC(F)F. The molecule has 0 aliphatic heterocycles. The zero-order chi connectivity index (χ0) is 16.7. The first-order chi connectivity index (χ1) is 10.3. The normalized spacial score (nSPS) is 11.3. The Labute approximate surface area is 123 Å². The summed E-state index contributed by atoms with van der Waals surface area (Å²) in [7, 11) is 2.62. The van der Waals surface area contributed by atoms with Gasteiger partial charge in [-0.2, -0.15) is 17.6 Å². The van der Waals surface area contributed by atoms with E-state index >= 15 is 0 Å². The number of rotatable bonds is 7. The number of hydrogen-bond acceptors (Lipinski definition) is 4. The van der Waals surface area contributed by atoms with E-state index in [0.717, 1.165) is 23.3 Å². The quantitative estimate of drug-likeness (QED) is 0.440. The average Bonchev–Trinajstić information content (AvgIpc) is 2.44. The molecule has 0 fully saturated rings. The van der Waals surface area contributed by atoms with Crippen LogP contribution in [0.3, 0.4) is 0 Å². The van der Waals surface area contributed by atoms with Crippen LogP contribution in [-0.2, 0) is 9.63 Å². The minimum absolute atomic E-state index is 0.0831. The van der Waals surface area contributed by atoms with Crippen LogP contribution in [0.15, 0.2) is 24.3 Å². The van der Waals surface area contributed by atoms with Gasteiger partial charge in [0.05, 0.1) is 7.11 Å². The molecule has 1 aromatic carbocycles. The van der Waals surface area contributed by atoms with Gasteiger partial charge in [0.2, 0.25) is 0 Å². The fraction of sp³-hybridized carbons (Fsp3) is 0.308. The van der Waals surface area contributed by atoms with E-state index < -0.39 is 24.9 Å². The molecular formula is C13H13F4NO4. The highest BCUT2D eigenvalue weighted by Crippen LogP contribution is 2.28. The largest absolute Gasteiger partial charge is 0.435 e. The van der Waals surface area contributed by atoms with Crippen molar-refractivity contribution in [2.45, 2.75) is 13.2 Å². The van der Waals surface area contributed by atoms with Crippen LogP contribution in [-0.4, -0.2) is 38.4 Å². The predicted molar refractivity (Wildman–Crippen MR) is 68.5 cm³/mol. The smallest absolute Gasteiger partial charge is 0.387 e. The lowest BCUT2D eigenvalue weighted by Gasteiger charge is -2.12. The van der Waals surface area contributed by atoms with E-state index in [1.165, 1.54) is 26.3 Å². The number of alkyl halides is 4. The summed E-state index contributed by atoms with van der Waals surface area (Å²) < 4.78 is 57.2. The molecule has 9 heteroatoms. The van der Waals surface area contributed by atoms with Gasteiger partial charge in [0.1, 0.15) is 11.5 Å². The summed E-state index contributed by atoms with van der Waals surface area (Å²) >= 11 is 0. The summed E-state index contributed by atoms with van der Waals surface area (Å²) in [5, 5.41) is 0.901. The van der Waals surface area contributed by atoms with Gasteiger partial charge in [0.15, 0.2) is 0 Å². The van der Waals surface area contributed by atoms with Crippen LogP contribution in [0.4, 0.5) is 17.6 Å². The van der Waals surface area contributed by atoms with Gasteiger partial charge in [0, 0.05) is 24.8 Å². The predicted octanol–water partition coefficient (Wildman–Crippen LogP) is 2.92. The lowest BCUT2D eigenvalue weighted by atomic mass is 10.1. The zero-order valence-electron chi connectivity index (χ0n) is 11.6. The molecule has 0 N–H and O–H groups in total. The molecule has 1 aromatic rings. The first kappa shape index (κ1) is 17.8. The molecule has 122 valence electrons. The van der Waals surface area contributed by atoms with Crippen molar-refractivity contribution in [3.63, 3.8) is 0 Å². The topological polar surface area (TPSA) is 48.0 Å². The molecule has 0 heterocycles. The second-order valence-corrected chi connectivity index (χ2v) is 3.81. The molecule has 5 nitrogen and oxygen atoms in total. The van der Waals surface area contributed by atoms with E-state index in [2.05, 4.69) is 14.3 Å². The first-order valence-electron chi connectivity index (χ1n) is 5.87. The summed E-state index contributed by atoms with van der Waals surface area (Å²) in [5.74, 6) is -1.31. The molecule has 0 aliphatic rings. The summed E-state index contributed by atoms with van der Waals surface area (Å²) in [6.07, 6.45) is 2.23. The number of carbonyl (C=O) groups excluding carboxylic acids is 1. The van der Waals surface area contributed by atoms with E-state index in [-0.39, 0.29) is 11.3 Å². The molecule has 0 atom stereocenters. The van der Waals surface area contributed by atoms with Gasteiger partial charge in [-0.1, -0.05) is 0 Å². The molecule has 0 radical (unpaired) electrons. The molecule has 22 heavy (non-hydrogen) atoms. The highest BCUT2D eigenvalue weighted by Gasteiger charge is 2.12. The first-order valence-corrected chi connectivity index (χ1v) is 5.87. The van der Waals surface area contributed by atoms with Gasteiger partial charge in [-0.15, -0.1) is 0 Å². The van der Waals surface area contributed by atoms with Crippen molar-refractivity contribution in [1.29, 1.82) is 0 Å². The van der Waals surface area contributed by atoms with Crippen LogP contribution in [0.25, 0.3) is 6.08 Å². The Hall–Kier alpha value is -2.29. The van der Waals surface area contributed by atoms with Crippen molar-refractivity contribution in [2.24, 2.45) is 0 Å². The summed E-state index contributed by atoms with van der Waals surface area (Å²) in [6.45, 7) is -6.26. The number of ether oxygens (including phenoxy) is 2. The number of likely N-dealkylation sites (N-methyl/N-ethyl adjacent to an activating group) is 1. The second kappa shape index (κ2) is 8.23. The van der Waals surface area contributed by atoms with Crippen molar-refractivity contribution in [1.82, 2.24) is 5.06 Å². The van der Waals surface area contributed by atoms with Crippen molar-refractivity contribution >= 4 is 12.0 Å². The average molecular weight is 323 g/mol. The van der Waals surface area contributed by atoms with Crippen molar-refractivity contribution in [3.05, 3.63) is 29.8 Å². The maximum atomic E-state index is 12.3. The molecule has 0 saturated heterocycles. The van der Waals surface area contributed by atoms with E-state index in [0.29, 0.717) is 0 Å². The number of hydrogen-bond donors (Lipinski definition) is 0. The molecule has 0 aliphatic carbocycles. The fourth-order valence-electron chi connectivity index (χ4n) is 1.38. The van der Waals surface area contributed by atoms with Crippen LogP contribution in [0.2, 0.25) is 0 Å². The molecule has 0 saturated carbocycles.